The quantitative estimate of drug-likeness (QED) is 0.273. The highest BCUT2D eigenvalue weighted by Gasteiger charge is 2.31. The predicted molar refractivity (Wildman–Crippen MR) is 157 cm³/mol. The minimum atomic E-state index is -1.11. The molecule has 0 fully saturated rings. The van der Waals surface area contributed by atoms with Crippen LogP contribution in [0.15, 0.2) is 64.2 Å². The number of fused-ring (bicyclic) bond motifs is 4. The lowest BCUT2D eigenvalue weighted by molar-refractivity contribution is 0.0785. The van der Waals surface area contributed by atoms with E-state index in [1.165, 1.54) is 12.1 Å². The molecule has 1 aliphatic carbocycles. The van der Waals surface area contributed by atoms with E-state index < -0.39 is 34.4 Å². The molecular formula is C33H27F2N3O4. The van der Waals surface area contributed by atoms with Crippen LogP contribution in [-0.4, -0.2) is 20.6 Å². The number of benzene rings is 4. The summed E-state index contributed by atoms with van der Waals surface area (Å²) in [4.78, 5) is 41.5. The second kappa shape index (κ2) is 9.32. The van der Waals surface area contributed by atoms with Crippen LogP contribution < -0.4 is 17.0 Å². The molecule has 0 saturated heterocycles. The van der Waals surface area contributed by atoms with Crippen molar-refractivity contribution >= 4 is 16.8 Å². The van der Waals surface area contributed by atoms with Crippen LogP contribution in [0, 0.1) is 25.5 Å². The number of rotatable bonds is 4. The summed E-state index contributed by atoms with van der Waals surface area (Å²) >= 11 is 0. The smallest absolute Gasteiger partial charge is 0.333 e. The third-order valence-electron chi connectivity index (χ3n) is 8.02. The molecule has 0 radical (unpaired) electrons. The molecule has 7 nitrogen and oxygen atoms in total. The molecule has 212 valence electrons. The number of nitrogens with one attached hydrogen (secondary N) is 1. The zero-order valence-electron chi connectivity index (χ0n) is 23.4. The van der Waals surface area contributed by atoms with Gasteiger partial charge in [-0.05, 0) is 103 Å². The largest absolute Gasteiger partial charge is 0.386 e. The first kappa shape index (κ1) is 27.3. The highest BCUT2D eigenvalue weighted by molar-refractivity contribution is 6.02. The van der Waals surface area contributed by atoms with Gasteiger partial charge in [0.25, 0.3) is 5.56 Å². The van der Waals surface area contributed by atoms with Crippen molar-refractivity contribution < 1.29 is 18.7 Å². The maximum atomic E-state index is 16.1. The topological polar surface area (TPSA) is 118 Å². The van der Waals surface area contributed by atoms with Crippen molar-refractivity contribution in [1.29, 1.82) is 0 Å². The van der Waals surface area contributed by atoms with E-state index in [1.807, 2.05) is 6.07 Å². The van der Waals surface area contributed by atoms with E-state index in [-0.39, 0.29) is 27.7 Å². The molecule has 1 aromatic heterocycles. The Morgan fingerprint density at radius 1 is 0.976 bits per heavy atom. The maximum absolute atomic E-state index is 16.1. The molecule has 0 saturated carbocycles. The Morgan fingerprint density at radius 3 is 2.40 bits per heavy atom. The number of nitrogens with zero attached hydrogens (tertiary/aromatic N) is 1. The van der Waals surface area contributed by atoms with Crippen molar-refractivity contribution in [2.24, 2.45) is 5.73 Å². The van der Waals surface area contributed by atoms with Crippen LogP contribution in [0.1, 0.15) is 52.0 Å². The van der Waals surface area contributed by atoms with Gasteiger partial charge in [0.2, 0.25) is 5.91 Å². The monoisotopic (exact) mass is 567 g/mol. The molecule has 6 rings (SSSR count). The molecule has 4 N–H and O–H groups in total. The summed E-state index contributed by atoms with van der Waals surface area (Å²) < 4.78 is 31.5. The van der Waals surface area contributed by atoms with Gasteiger partial charge in [0.15, 0.2) is 0 Å². The fraction of sp³-hybridized carbons (Fsp3) is 0.182. The second-order valence-electron chi connectivity index (χ2n) is 11.3. The van der Waals surface area contributed by atoms with Crippen molar-refractivity contribution in [3.05, 3.63) is 120 Å². The van der Waals surface area contributed by atoms with E-state index in [0.29, 0.717) is 45.4 Å². The van der Waals surface area contributed by atoms with Crippen LogP contribution in [0.25, 0.3) is 38.8 Å². The average molecular weight is 568 g/mol. The summed E-state index contributed by atoms with van der Waals surface area (Å²) in [6.07, 6.45) is 0.299. The Hall–Kier alpha value is -4.89. The van der Waals surface area contributed by atoms with Gasteiger partial charge in [0, 0.05) is 11.1 Å². The summed E-state index contributed by atoms with van der Waals surface area (Å²) in [6.45, 7) is 6.64. The Bertz CT molecular complexity index is 2120. The first-order valence-electron chi connectivity index (χ1n) is 13.3. The van der Waals surface area contributed by atoms with E-state index in [0.717, 1.165) is 16.2 Å². The number of nitrogens with two attached hydrogens (primary N) is 1. The van der Waals surface area contributed by atoms with E-state index in [4.69, 9.17) is 5.73 Å². The molecular weight excluding hydrogens is 540 g/mol. The third-order valence-corrected chi connectivity index (χ3v) is 8.02. The summed E-state index contributed by atoms with van der Waals surface area (Å²) in [7, 11) is 0. The zero-order chi connectivity index (χ0) is 30.2. The van der Waals surface area contributed by atoms with Crippen molar-refractivity contribution in [2.75, 3.05) is 0 Å². The number of primary amides is 1. The number of aromatic nitrogens is 2. The Balaban J connectivity index is 1.64. The highest BCUT2D eigenvalue weighted by Crippen LogP contribution is 2.47. The molecule has 1 amide bonds. The predicted octanol–water partition coefficient (Wildman–Crippen LogP) is 5.14. The van der Waals surface area contributed by atoms with Gasteiger partial charge in [-0.1, -0.05) is 30.3 Å². The minimum Gasteiger partial charge on any atom is -0.386 e. The summed E-state index contributed by atoms with van der Waals surface area (Å²) in [5, 5.41) is 10.6. The summed E-state index contributed by atoms with van der Waals surface area (Å²) in [6, 6.07) is 14.1. The average Bonchev–Trinajstić information content (AvgIpc) is 3.28. The van der Waals surface area contributed by atoms with Gasteiger partial charge in [-0.3, -0.25) is 9.59 Å². The first-order chi connectivity index (χ1) is 19.8. The fourth-order valence-corrected chi connectivity index (χ4v) is 5.98. The van der Waals surface area contributed by atoms with Crippen molar-refractivity contribution in [2.45, 2.75) is 39.7 Å². The number of halogens is 2. The standard InChI is InChI=1S/C33H27F2N3O4/c1-15-10-23-29(25(35)11-15)37-32(41)38(31(23)40)26-7-5-6-19(16(26)2)28-24(34)14-22(30(36)39)21-13-17-12-18(33(3,4)42)8-9-20(17)27(21)28/h5-12,14,42H,13H2,1-4H3,(H2,36,39)(H,37,41). The van der Waals surface area contributed by atoms with Crippen LogP contribution in [0.4, 0.5) is 8.78 Å². The van der Waals surface area contributed by atoms with Crippen LogP contribution >= 0.6 is 0 Å². The number of hydrogen-bond acceptors (Lipinski definition) is 4. The van der Waals surface area contributed by atoms with Crippen molar-refractivity contribution in [3.63, 3.8) is 0 Å². The van der Waals surface area contributed by atoms with Crippen LogP contribution in [0.2, 0.25) is 0 Å². The summed E-state index contributed by atoms with van der Waals surface area (Å²) in [5.41, 5.74) is 7.78. The lowest BCUT2D eigenvalue weighted by Crippen LogP contribution is -2.34. The van der Waals surface area contributed by atoms with Crippen LogP contribution in [0.5, 0.6) is 0 Å². The van der Waals surface area contributed by atoms with Crippen molar-refractivity contribution in [3.8, 4) is 27.9 Å². The Labute approximate surface area is 238 Å². The van der Waals surface area contributed by atoms with Gasteiger partial charge in [0.1, 0.15) is 11.6 Å². The lowest BCUT2D eigenvalue weighted by atomic mass is 9.88. The highest BCUT2D eigenvalue weighted by atomic mass is 19.1. The first-order valence-corrected chi connectivity index (χ1v) is 13.3. The molecule has 0 unspecified atom stereocenters. The van der Waals surface area contributed by atoms with Gasteiger partial charge in [0.05, 0.1) is 22.2 Å². The van der Waals surface area contributed by atoms with E-state index in [2.05, 4.69) is 4.98 Å². The van der Waals surface area contributed by atoms with Crippen LogP contribution in [0.3, 0.4) is 0 Å². The molecule has 42 heavy (non-hydrogen) atoms. The van der Waals surface area contributed by atoms with Gasteiger partial charge >= 0.3 is 5.69 Å². The van der Waals surface area contributed by atoms with Gasteiger partial charge in [-0.2, -0.15) is 0 Å². The number of amides is 1. The molecule has 5 aromatic rings. The molecule has 0 spiro atoms. The Morgan fingerprint density at radius 2 is 1.71 bits per heavy atom. The van der Waals surface area contributed by atoms with Crippen LogP contribution in [-0.2, 0) is 12.0 Å². The molecule has 9 heteroatoms. The number of carbonyl (C=O) groups excluding carboxylic acids is 1. The maximum Gasteiger partial charge on any atom is 0.333 e. The van der Waals surface area contributed by atoms with Gasteiger partial charge < -0.3 is 15.8 Å². The number of aryl methyl sites for hydroxylation is 1. The van der Waals surface area contributed by atoms with Gasteiger partial charge in [-0.25, -0.2) is 18.1 Å². The number of carbonyl (C=O) groups is 1. The lowest BCUT2D eigenvalue weighted by Gasteiger charge is -2.20. The fourth-order valence-electron chi connectivity index (χ4n) is 5.98. The Kier molecular flexibility index (Phi) is 6.06. The molecule has 1 aliphatic rings. The van der Waals surface area contributed by atoms with E-state index in [9.17, 15) is 23.9 Å². The zero-order valence-corrected chi connectivity index (χ0v) is 23.4. The molecule has 0 bridgehead atoms. The SMILES string of the molecule is Cc1cc(F)c2[nH]c(=O)n(-c3cccc(-c4c(F)cc(C(N)=O)c5c4-c4ccc(C(C)(C)O)cc4C5)c3C)c(=O)c2c1. The summed E-state index contributed by atoms with van der Waals surface area (Å²) in [5.74, 6) is -2.18. The molecule has 0 aliphatic heterocycles. The minimum absolute atomic E-state index is 0.00586. The number of hydrogen-bond donors (Lipinski definition) is 3. The molecule has 1 heterocycles. The third kappa shape index (κ3) is 4.08. The molecule has 0 atom stereocenters. The normalized spacial score (nSPS) is 12.5. The van der Waals surface area contributed by atoms with E-state index >= 15 is 4.39 Å². The van der Waals surface area contributed by atoms with Crippen molar-refractivity contribution in [1.82, 2.24) is 9.55 Å². The second-order valence-corrected chi connectivity index (χ2v) is 11.3. The molecule has 4 aromatic carbocycles. The number of aliphatic hydroxyl groups is 1. The van der Waals surface area contributed by atoms with E-state index in [1.54, 1.807) is 58.0 Å². The van der Waals surface area contributed by atoms with Gasteiger partial charge in [-0.15, -0.1) is 0 Å². The number of H-pyrrole nitrogens is 1. The number of aromatic amines is 1.